The summed E-state index contributed by atoms with van der Waals surface area (Å²) in [6, 6.07) is -1.13. The summed E-state index contributed by atoms with van der Waals surface area (Å²) < 4.78 is 41.7. The first-order chi connectivity index (χ1) is 12.9. The van der Waals surface area contributed by atoms with E-state index in [1.54, 1.807) is 27.7 Å². The highest BCUT2D eigenvalue weighted by Gasteiger charge is 2.39. The van der Waals surface area contributed by atoms with E-state index in [2.05, 4.69) is 43.9 Å². The van der Waals surface area contributed by atoms with Crippen LogP contribution in [-0.2, 0) is 23.7 Å². The van der Waals surface area contributed by atoms with Crippen molar-refractivity contribution in [3.8, 4) is 0 Å². The molecule has 2 unspecified atom stereocenters. The lowest BCUT2D eigenvalue weighted by Gasteiger charge is -2.39. The van der Waals surface area contributed by atoms with Crippen molar-refractivity contribution in [2.75, 3.05) is 20.0 Å². The molecule has 3 atom stereocenters. The summed E-state index contributed by atoms with van der Waals surface area (Å²) in [5, 5.41) is -0.216. The molecular formula is C19H41N3O5SSi. The zero-order chi connectivity index (χ0) is 23.3. The smallest absolute Gasteiger partial charge is 0.242 e. The molecule has 10 heteroatoms. The average Bonchev–Trinajstić information content (AvgIpc) is 2.55. The monoisotopic (exact) mass is 451 g/mol. The van der Waals surface area contributed by atoms with Crippen LogP contribution in [0.4, 0.5) is 0 Å². The fraction of sp³-hybridized carbons (Fsp3) is 0.895. The van der Waals surface area contributed by atoms with Crippen molar-refractivity contribution < 1.29 is 22.3 Å². The summed E-state index contributed by atoms with van der Waals surface area (Å²) in [5.74, 6) is -0.928. The van der Waals surface area contributed by atoms with Crippen molar-refractivity contribution in [3.63, 3.8) is 0 Å². The number of sulfone groups is 1. The van der Waals surface area contributed by atoms with Crippen molar-refractivity contribution in [2.45, 2.75) is 90.6 Å². The van der Waals surface area contributed by atoms with Gasteiger partial charge in [0, 0.05) is 19.6 Å². The van der Waals surface area contributed by atoms with E-state index < -0.39 is 42.1 Å². The van der Waals surface area contributed by atoms with Gasteiger partial charge in [0.05, 0.1) is 18.7 Å². The topological polar surface area (TPSA) is 113 Å². The second-order valence-corrected chi connectivity index (χ2v) is 16.0. The van der Waals surface area contributed by atoms with Crippen LogP contribution < -0.4 is 5.73 Å². The molecule has 0 aliphatic rings. The van der Waals surface area contributed by atoms with Gasteiger partial charge in [-0.15, -0.1) is 0 Å². The van der Waals surface area contributed by atoms with Crippen LogP contribution in [0.5, 0.6) is 0 Å². The Labute approximate surface area is 178 Å². The molecule has 0 amide bonds. The molecule has 0 aliphatic heterocycles. The Morgan fingerprint density at radius 1 is 1.21 bits per heavy atom. The number of nitrogens with zero attached hydrogens (tertiary/aromatic N) is 2. The number of rotatable bonds is 9. The van der Waals surface area contributed by atoms with Gasteiger partial charge in [0.25, 0.3) is 0 Å². The molecular weight excluding hydrogens is 410 g/mol. The third kappa shape index (κ3) is 9.35. The normalized spacial score (nSPS) is 18.1. The molecule has 0 rings (SSSR count). The second kappa shape index (κ2) is 10.6. The number of nitrogens with two attached hydrogens (primary N) is 1. The highest BCUT2D eigenvalue weighted by molar-refractivity contribution is 8.05. The maximum absolute atomic E-state index is 12.0. The summed E-state index contributed by atoms with van der Waals surface area (Å²) in [6.45, 7) is 17.9. The van der Waals surface area contributed by atoms with Gasteiger partial charge in [-0.2, -0.15) is 0 Å². The summed E-state index contributed by atoms with van der Waals surface area (Å²) in [7, 11) is -4.06. The summed E-state index contributed by atoms with van der Waals surface area (Å²) >= 11 is 0. The maximum Gasteiger partial charge on any atom is 0.242 e. The van der Waals surface area contributed by atoms with Crippen LogP contribution in [-0.4, -0.2) is 72.1 Å². The van der Waals surface area contributed by atoms with E-state index in [4.69, 9.17) is 19.6 Å². The van der Waals surface area contributed by atoms with Gasteiger partial charge >= 0.3 is 0 Å². The molecule has 0 saturated heterocycles. The van der Waals surface area contributed by atoms with E-state index in [-0.39, 0.29) is 16.8 Å². The van der Waals surface area contributed by atoms with Crippen LogP contribution in [0.2, 0.25) is 18.1 Å². The standard InChI is InChI=1S/C19H41N3O5SSi/c1-12-21-17(28(9,23)24)22-14(2)16(27-19(6,7)25-8)15(20)13-26-29(10,11)18(3,4)5/h12,14-16H,13,20H2,1-11H3/b21-12-,22-17+/t14?,15?,16-/m0/s1. The molecule has 29 heavy (non-hydrogen) atoms. The Hall–Kier alpha value is -0.653. The van der Waals surface area contributed by atoms with Gasteiger partial charge < -0.3 is 19.6 Å². The van der Waals surface area contributed by atoms with Crippen molar-refractivity contribution in [1.82, 2.24) is 0 Å². The van der Waals surface area contributed by atoms with Gasteiger partial charge in [0.1, 0.15) is 6.10 Å². The van der Waals surface area contributed by atoms with E-state index in [0.29, 0.717) is 0 Å². The first kappa shape index (κ1) is 28.3. The number of methoxy groups -OCH3 is 1. The second-order valence-electron chi connectivity index (χ2n) is 9.23. The van der Waals surface area contributed by atoms with Gasteiger partial charge in [-0.3, -0.25) is 4.99 Å². The number of aliphatic imine (C=N–C) groups is 2. The number of hydrogen-bond donors (Lipinski definition) is 1. The highest BCUT2D eigenvalue weighted by Crippen LogP contribution is 2.36. The van der Waals surface area contributed by atoms with Crippen LogP contribution in [0.1, 0.15) is 48.5 Å². The molecule has 0 saturated carbocycles. The fourth-order valence-corrected chi connectivity index (χ4v) is 3.82. The third-order valence-electron chi connectivity index (χ3n) is 5.14. The van der Waals surface area contributed by atoms with Crippen molar-refractivity contribution in [1.29, 1.82) is 0 Å². The van der Waals surface area contributed by atoms with Crippen LogP contribution >= 0.6 is 0 Å². The Bertz CT molecular complexity index is 684. The van der Waals surface area contributed by atoms with E-state index in [1.165, 1.54) is 13.3 Å². The molecule has 2 N–H and O–H groups in total. The average molecular weight is 452 g/mol. The molecule has 8 nitrogen and oxygen atoms in total. The van der Waals surface area contributed by atoms with Gasteiger partial charge in [-0.05, 0) is 45.8 Å². The predicted octanol–water partition coefficient (Wildman–Crippen LogP) is 2.98. The van der Waals surface area contributed by atoms with Crippen LogP contribution in [0.25, 0.3) is 0 Å². The van der Waals surface area contributed by atoms with E-state index in [9.17, 15) is 8.42 Å². The highest BCUT2D eigenvalue weighted by atomic mass is 32.2. The molecule has 0 aromatic carbocycles. The molecule has 0 spiro atoms. The Morgan fingerprint density at radius 2 is 1.72 bits per heavy atom. The van der Waals surface area contributed by atoms with E-state index >= 15 is 0 Å². The lowest BCUT2D eigenvalue weighted by atomic mass is 10.1. The van der Waals surface area contributed by atoms with Crippen molar-refractivity contribution in [3.05, 3.63) is 0 Å². The Balaban J connectivity index is 5.81. The minimum atomic E-state index is -3.59. The van der Waals surface area contributed by atoms with Crippen LogP contribution in [0.3, 0.4) is 0 Å². The van der Waals surface area contributed by atoms with Crippen LogP contribution in [0.15, 0.2) is 9.98 Å². The predicted molar refractivity (Wildman–Crippen MR) is 123 cm³/mol. The van der Waals surface area contributed by atoms with Gasteiger partial charge in [-0.1, -0.05) is 20.8 Å². The zero-order valence-electron chi connectivity index (χ0n) is 19.9. The van der Waals surface area contributed by atoms with E-state index in [1.807, 2.05) is 0 Å². The van der Waals surface area contributed by atoms with E-state index in [0.717, 1.165) is 6.26 Å². The van der Waals surface area contributed by atoms with Crippen LogP contribution in [0, 0.1) is 0 Å². The molecule has 172 valence electrons. The molecule has 0 aromatic rings. The molecule has 0 aromatic heterocycles. The van der Waals surface area contributed by atoms with Gasteiger partial charge in [0.2, 0.25) is 15.0 Å². The lowest BCUT2D eigenvalue weighted by molar-refractivity contribution is -0.231. The number of ether oxygens (including phenoxy) is 2. The molecule has 0 aliphatic carbocycles. The Kier molecular flexibility index (Phi) is 10.3. The number of hydrogen-bond acceptors (Lipinski definition) is 7. The first-order valence-electron chi connectivity index (χ1n) is 9.77. The largest absolute Gasteiger partial charge is 0.415 e. The fourth-order valence-electron chi connectivity index (χ4n) is 2.12. The lowest BCUT2D eigenvalue weighted by Crippen LogP contribution is -2.53. The minimum absolute atomic E-state index is 0.0396. The van der Waals surface area contributed by atoms with Gasteiger partial charge in [0.15, 0.2) is 14.1 Å². The third-order valence-corrected chi connectivity index (χ3v) is 10.5. The molecule has 0 bridgehead atoms. The zero-order valence-corrected chi connectivity index (χ0v) is 21.8. The summed E-state index contributed by atoms with van der Waals surface area (Å²) in [6.07, 6.45) is 1.82. The summed E-state index contributed by atoms with van der Waals surface area (Å²) in [5.41, 5.74) is 6.45. The Morgan fingerprint density at radius 3 is 2.10 bits per heavy atom. The van der Waals surface area contributed by atoms with Gasteiger partial charge in [-0.25, -0.2) is 13.4 Å². The quantitative estimate of drug-likeness (QED) is 0.249. The minimum Gasteiger partial charge on any atom is -0.415 e. The SMILES string of the molecule is C/C=N\C(=N/C(C)[C@H](OC(C)(C)OC)C(N)CO[Si](C)(C)C(C)(C)C)S(C)(=O)=O. The maximum atomic E-state index is 12.0. The number of amidine groups is 1. The van der Waals surface area contributed by atoms with Crippen molar-refractivity contribution in [2.24, 2.45) is 15.7 Å². The first-order valence-corrected chi connectivity index (χ1v) is 14.6. The molecule has 0 radical (unpaired) electrons. The molecule has 0 fully saturated rings. The van der Waals surface area contributed by atoms with Crippen molar-refractivity contribution >= 4 is 29.5 Å². The summed E-state index contributed by atoms with van der Waals surface area (Å²) in [4.78, 5) is 8.19. The molecule has 0 heterocycles.